The zero-order valence-corrected chi connectivity index (χ0v) is 15.5. The number of amides is 1. The number of anilines is 1. The highest BCUT2D eigenvalue weighted by Gasteiger charge is 2.21. The number of hydrogen-bond acceptors (Lipinski definition) is 6. The molecule has 144 valence electrons. The summed E-state index contributed by atoms with van der Waals surface area (Å²) in [5.41, 5.74) is 1.64. The molecule has 2 aromatic heterocycles. The van der Waals surface area contributed by atoms with E-state index in [0.29, 0.717) is 30.7 Å². The zero-order valence-electron chi connectivity index (χ0n) is 15.5. The van der Waals surface area contributed by atoms with Gasteiger partial charge in [-0.25, -0.2) is 4.68 Å². The molecule has 8 nitrogen and oxygen atoms in total. The Hall–Kier alpha value is -3.26. The van der Waals surface area contributed by atoms with Crippen molar-refractivity contribution in [3.05, 3.63) is 54.4 Å². The van der Waals surface area contributed by atoms with Crippen molar-refractivity contribution in [3.63, 3.8) is 0 Å². The molecule has 0 bridgehead atoms. The number of nitrogens with zero attached hydrogens (tertiary/aromatic N) is 4. The third kappa shape index (κ3) is 4.34. The molecule has 1 aliphatic heterocycles. The first-order valence-electron chi connectivity index (χ1n) is 9.20. The fourth-order valence-electron chi connectivity index (χ4n) is 2.96. The zero-order chi connectivity index (χ0) is 19.3. The standard InChI is InChI=1S/C20H21N5O3/c1-14-8-11-25(24-14)18-6-7-19(23-22-18)28-17-4-2-16(3-5-17)21-20(26)15-9-12-27-13-10-15/h2-8,11,15H,9-10,12-13H2,1H3,(H,21,26). The highest BCUT2D eigenvalue weighted by atomic mass is 16.5. The van der Waals surface area contributed by atoms with E-state index < -0.39 is 0 Å². The summed E-state index contributed by atoms with van der Waals surface area (Å²) in [6, 6.07) is 12.6. The number of aromatic nitrogens is 4. The van der Waals surface area contributed by atoms with Crippen LogP contribution >= 0.6 is 0 Å². The van der Waals surface area contributed by atoms with Gasteiger partial charge >= 0.3 is 0 Å². The van der Waals surface area contributed by atoms with Gasteiger partial charge in [0, 0.05) is 37.1 Å². The molecule has 0 aliphatic carbocycles. The Bertz CT molecular complexity index is 931. The van der Waals surface area contributed by atoms with Crippen molar-refractivity contribution in [3.8, 4) is 17.4 Å². The van der Waals surface area contributed by atoms with E-state index in [2.05, 4.69) is 20.6 Å². The molecule has 0 spiro atoms. The van der Waals surface area contributed by atoms with Gasteiger partial charge in [-0.3, -0.25) is 4.79 Å². The van der Waals surface area contributed by atoms with Gasteiger partial charge in [0.25, 0.3) is 0 Å². The molecule has 0 unspecified atom stereocenters. The molecule has 0 radical (unpaired) electrons. The second-order valence-electron chi connectivity index (χ2n) is 6.63. The van der Waals surface area contributed by atoms with Gasteiger partial charge in [0.15, 0.2) is 5.82 Å². The van der Waals surface area contributed by atoms with Crippen molar-refractivity contribution in [1.29, 1.82) is 0 Å². The van der Waals surface area contributed by atoms with Gasteiger partial charge in [0.05, 0.1) is 5.69 Å². The van der Waals surface area contributed by atoms with E-state index in [9.17, 15) is 4.79 Å². The number of nitrogens with one attached hydrogen (secondary N) is 1. The van der Waals surface area contributed by atoms with Crippen LogP contribution in [0, 0.1) is 12.8 Å². The molecule has 1 fully saturated rings. The fourth-order valence-corrected chi connectivity index (χ4v) is 2.96. The maximum absolute atomic E-state index is 12.3. The number of aryl methyl sites for hydroxylation is 1. The molecule has 28 heavy (non-hydrogen) atoms. The summed E-state index contributed by atoms with van der Waals surface area (Å²) < 4.78 is 12.7. The van der Waals surface area contributed by atoms with Crippen LogP contribution in [0.25, 0.3) is 5.82 Å². The largest absolute Gasteiger partial charge is 0.438 e. The molecular formula is C20H21N5O3. The van der Waals surface area contributed by atoms with Crippen LogP contribution in [0.15, 0.2) is 48.7 Å². The van der Waals surface area contributed by atoms with E-state index >= 15 is 0 Å². The number of ether oxygens (including phenoxy) is 2. The van der Waals surface area contributed by atoms with Crippen molar-refractivity contribution >= 4 is 11.6 Å². The highest BCUT2D eigenvalue weighted by Crippen LogP contribution is 2.23. The second-order valence-corrected chi connectivity index (χ2v) is 6.63. The summed E-state index contributed by atoms with van der Waals surface area (Å²) in [5.74, 6) is 1.66. The Labute approximate surface area is 162 Å². The summed E-state index contributed by atoms with van der Waals surface area (Å²) in [6.45, 7) is 3.20. The number of hydrogen-bond donors (Lipinski definition) is 1. The molecule has 4 rings (SSSR count). The van der Waals surface area contributed by atoms with Crippen LogP contribution in [-0.2, 0) is 9.53 Å². The third-order valence-corrected chi connectivity index (χ3v) is 4.52. The summed E-state index contributed by atoms with van der Waals surface area (Å²) >= 11 is 0. The monoisotopic (exact) mass is 379 g/mol. The average Bonchev–Trinajstić information content (AvgIpc) is 3.17. The molecule has 1 aromatic carbocycles. The van der Waals surface area contributed by atoms with Crippen LogP contribution in [0.3, 0.4) is 0 Å². The van der Waals surface area contributed by atoms with Crippen LogP contribution in [0.1, 0.15) is 18.5 Å². The Balaban J connectivity index is 1.35. The van der Waals surface area contributed by atoms with Crippen molar-refractivity contribution < 1.29 is 14.3 Å². The first kappa shape index (κ1) is 18.1. The summed E-state index contributed by atoms with van der Waals surface area (Å²) in [6.07, 6.45) is 3.35. The summed E-state index contributed by atoms with van der Waals surface area (Å²) in [7, 11) is 0. The van der Waals surface area contributed by atoms with Gasteiger partial charge in [-0.1, -0.05) is 0 Å². The van der Waals surface area contributed by atoms with Crippen LogP contribution in [-0.4, -0.2) is 39.1 Å². The maximum Gasteiger partial charge on any atom is 0.238 e. The van der Waals surface area contributed by atoms with Crippen LogP contribution < -0.4 is 10.1 Å². The molecule has 1 aliphatic rings. The molecule has 3 aromatic rings. The lowest BCUT2D eigenvalue weighted by Gasteiger charge is -2.21. The Kier molecular flexibility index (Phi) is 5.29. The summed E-state index contributed by atoms with van der Waals surface area (Å²) in [4.78, 5) is 12.3. The molecule has 8 heteroatoms. The van der Waals surface area contributed by atoms with Gasteiger partial charge in [0.2, 0.25) is 11.8 Å². The van der Waals surface area contributed by atoms with E-state index in [0.717, 1.165) is 24.2 Å². The van der Waals surface area contributed by atoms with Gasteiger partial charge < -0.3 is 14.8 Å². The normalized spacial score (nSPS) is 14.6. The lowest BCUT2D eigenvalue weighted by Crippen LogP contribution is -2.28. The molecule has 1 saturated heterocycles. The van der Waals surface area contributed by atoms with Crippen LogP contribution in [0.2, 0.25) is 0 Å². The summed E-state index contributed by atoms with van der Waals surface area (Å²) in [5, 5.41) is 15.4. The number of rotatable bonds is 5. The number of benzene rings is 1. The third-order valence-electron chi connectivity index (χ3n) is 4.52. The van der Waals surface area contributed by atoms with E-state index in [1.807, 2.05) is 19.2 Å². The van der Waals surface area contributed by atoms with Crippen molar-refractivity contribution in [1.82, 2.24) is 20.0 Å². The van der Waals surface area contributed by atoms with Crippen molar-refractivity contribution in [2.75, 3.05) is 18.5 Å². The Morgan fingerprint density at radius 3 is 2.54 bits per heavy atom. The lowest BCUT2D eigenvalue weighted by atomic mass is 9.99. The van der Waals surface area contributed by atoms with Gasteiger partial charge in [0.1, 0.15) is 5.75 Å². The smallest absolute Gasteiger partial charge is 0.238 e. The second kappa shape index (κ2) is 8.18. The molecule has 3 heterocycles. The topological polar surface area (TPSA) is 91.2 Å². The van der Waals surface area contributed by atoms with E-state index in [-0.39, 0.29) is 11.8 Å². The van der Waals surface area contributed by atoms with Crippen molar-refractivity contribution in [2.24, 2.45) is 5.92 Å². The molecule has 0 atom stereocenters. The van der Waals surface area contributed by atoms with E-state index in [4.69, 9.17) is 9.47 Å². The Morgan fingerprint density at radius 2 is 1.89 bits per heavy atom. The highest BCUT2D eigenvalue weighted by molar-refractivity contribution is 5.92. The lowest BCUT2D eigenvalue weighted by molar-refractivity contribution is -0.122. The van der Waals surface area contributed by atoms with E-state index in [1.165, 1.54) is 0 Å². The minimum absolute atomic E-state index is 0.0111. The molecule has 1 amide bonds. The first-order chi connectivity index (χ1) is 13.7. The van der Waals surface area contributed by atoms with Gasteiger partial charge in [-0.15, -0.1) is 10.2 Å². The molecule has 1 N–H and O–H groups in total. The minimum atomic E-state index is 0.0111. The first-order valence-corrected chi connectivity index (χ1v) is 9.20. The molecular weight excluding hydrogens is 358 g/mol. The Morgan fingerprint density at radius 1 is 1.11 bits per heavy atom. The number of carbonyl (C=O) groups excluding carboxylic acids is 1. The predicted octanol–water partition coefficient (Wildman–Crippen LogP) is 3.13. The fraction of sp³-hybridized carbons (Fsp3) is 0.300. The van der Waals surface area contributed by atoms with Gasteiger partial charge in [-0.2, -0.15) is 5.10 Å². The predicted molar refractivity (Wildman–Crippen MR) is 103 cm³/mol. The number of carbonyl (C=O) groups is 1. The van der Waals surface area contributed by atoms with E-state index in [1.54, 1.807) is 41.1 Å². The molecule has 0 saturated carbocycles. The van der Waals surface area contributed by atoms with Crippen molar-refractivity contribution in [2.45, 2.75) is 19.8 Å². The average molecular weight is 379 g/mol. The SMILES string of the molecule is Cc1ccn(-c2ccc(Oc3ccc(NC(=O)C4CCOCC4)cc3)nn2)n1. The maximum atomic E-state index is 12.3. The van der Waals surface area contributed by atoms with Gasteiger partial charge in [-0.05, 0) is 56.2 Å². The quantitative estimate of drug-likeness (QED) is 0.732. The van der Waals surface area contributed by atoms with Crippen LogP contribution in [0.5, 0.6) is 11.6 Å². The van der Waals surface area contributed by atoms with Crippen LogP contribution in [0.4, 0.5) is 5.69 Å². The minimum Gasteiger partial charge on any atom is -0.438 e.